The third-order valence-corrected chi connectivity index (χ3v) is 3.04. The van der Waals surface area contributed by atoms with Crippen LogP contribution in [0.1, 0.15) is 5.56 Å². The molecule has 0 saturated heterocycles. The Morgan fingerprint density at radius 3 is 2.72 bits per heavy atom. The van der Waals surface area contributed by atoms with Gasteiger partial charge in [0.05, 0.1) is 17.3 Å². The predicted octanol–water partition coefficient (Wildman–Crippen LogP) is 3.56. The van der Waals surface area contributed by atoms with Gasteiger partial charge in [0.15, 0.2) is 11.0 Å². The monoisotopic (exact) mass is 343 g/mol. The molecule has 0 aliphatic rings. The molecule has 0 unspecified atom stereocenters. The van der Waals surface area contributed by atoms with Crippen molar-refractivity contribution in [3.05, 3.63) is 38.7 Å². The summed E-state index contributed by atoms with van der Waals surface area (Å²) in [5.74, 6) is 0.294. The first-order chi connectivity index (χ1) is 8.60. The van der Waals surface area contributed by atoms with Gasteiger partial charge in [-0.2, -0.15) is 10.2 Å². The van der Waals surface area contributed by atoms with Crippen LogP contribution in [0, 0.1) is 11.3 Å². The third kappa shape index (κ3) is 2.88. The average molecular weight is 345 g/mol. The van der Waals surface area contributed by atoms with Gasteiger partial charge in [-0.15, -0.1) is 10.2 Å². The molecule has 90 valence electrons. The first kappa shape index (κ1) is 13.0. The van der Waals surface area contributed by atoms with E-state index in [9.17, 15) is 0 Å². The lowest BCUT2D eigenvalue weighted by atomic mass is 10.2. The summed E-state index contributed by atoms with van der Waals surface area (Å²) in [6.45, 7) is 0. The lowest BCUT2D eigenvalue weighted by Crippen LogP contribution is -1.99. The SMILES string of the molecule is N#Cc1ccc(Nc2nc(Cl)nnc2Cl)c(Br)c1. The van der Waals surface area contributed by atoms with Crippen molar-refractivity contribution in [1.82, 2.24) is 15.2 Å². The molecule has 0 aliphatic heterocycles. The van der Waals surface area contributed by atoms with Crippen molar-refractivity contribution in [1.29, 1.82) is 5.26 Å². The van der Waals surface area contributed by atoms with Crippen molar-refractivity contribution in [2.75, 3.05) is 5.32 Å². The van der Waals surface area contributed by atoms with Crippen LogP contribution in [0.2, 0.25) is 10.4 Å². The number of nitrogens with one attached hydrogen (secondary N) is 1. The van der Waals surface area contributed by atoms with Crippen molar-refractivity contribution in [2.45, 2.75) is 0 Å². The normalized spacial score (nSPS) is 9.89. The van der Waals surface area contributed by atoms with E-state index in [0.29, 0.717) is 21.5 Å². The maximum absolute atomic E-state index is 8.76. The number of aromatic nitrogens is 3. The van der Waals surface area contributed by atoms with Crippen LogP contribution in [-0.2, 0) is 0 Å². The minimum Gasteiger partial charge on any atom is -0.337 e. The van der Waals surface area contributed by atoms with Crippen molar-refractivity contribution >= 4 is 50.6 Å². The summed E-state index contributed by atoms with van der Waals surface area (Å²) in [6.07, 6.45) is 0. The first-order valence-electron chi connectivity index (χ1n) is 4.62. The Kier molecular flexibility index (Phi) is 3.97. The Morgan fingerprint density at radius 1 is 1.28 bits per heavy atom. The number of halogens is 3. The van der Waals surface area contributed by atoms with Gasteiger partial charge >= 0.3 is 0 Å². The molecular weight excluding hydrogens is 341 g/mol. The zero-order chi connectivity index (χ0) is 13.1. The van der Waals surface area contributed by atoms with E-state index in [1.807, 2.05) is 6.07 Å². The molecular formula is C10H4BrCl2N5. The largest absolute Gasteiger partial charge is 0.337 e. The van der Waals surface area contributed by atoms with Crippen LogP contribution in [-0.4, -0.2) is 15.2 Å². The molecule has 0 aliphatic carbocycles. The van der Waals surface area contributed by atoms with Gasteiger partial charge in [-0.3, -0.25) is 0 Å². The number of rotatable bonds is 2. The molecule has 8 heteroatoms. The zero-order valence-corrected chi connectivity index (χ0v) is 11.8. The Morgan fingerprint density at radius 2 is 2.06 bits per heavy atom. The highest BCUT2D eigenvalue weighted by Gasteiger charge is 2.08. The molecule has 0 radical (unpaired) electrons. The standard InChI is InChI=1S/C10H4BrCl2N5/c11-6-3-5(4-14)1-2-7(6)15-9-8(12)17-18-10(13)16-9/h1-3H,(H,15,16,18). The van der Waals surface area contributed by atoms with Crippen LogP contribution in [0.5, 0.6) is 0 Å². The molecule has 1 N–H and O–H groups in total. The molecule has 0 atom stereocenters. The fourth-order valence-corrected chi connectivity index (χ4v) is 1.91. The number of anilines is 2. The first-order valence-corrected chi connectivity index (χ1v) is 6.17. The molecule has 0 saturated carbocycles. The highest BCUT2D eigenvalue weighted by molar-refractivity contribution is 9.10. The van der Waals surface area contributed by atoms with Crippen molar-refractivity contribution in [2.24, 2.45) is 0 Å². The van der Waals surface area contributed by atoms with Crippen LogP contribution in [0.3, 0.4) is 0 Å². The Bertz CT molecular complexity index is 641. The molecule has 0 fully saturated rings. The molecule has 0 spiro atoms. The maximum Gasteiger partial charge on any atom is 0.245 e. The quantitative estimate of drug-likeness (QED) is 0.901. The minimum atomic E-state index is -0.00772. The molecule has 0 bridgehead atoms. The van der Waals surface area contributed by atoms with Crippen LogP contribution < -0.4 is 5.32 Å². The Labute approximate surface area is 121 Å². The molecule has 18 heavy (non-hydrogen) atoms. The number of hydrogen-bond donors (Lipinski definition) is 1. The number of benzene rings is 1. The summed E-state index contributed by atoms with van der Waals surface area (Å²) in [4.78, 5) is 3.91. The van der Waals surface area contributed by atoms with Crippen LogP contribution >= 0.6 is 39.1 Å². The fraction of sp³-hybridized carbons (Fsp3) is 0. The molecule has 2 rings (SSSR count). The molecule has 1 aromatic carbocycles. The van der Waals surface area contributed by atoms with Crippen LogP contribution in [0.4, 0.5) is 11.5 Å². The molecule has 1 aromatic heterocycles. The van der Waals surface area contributed by atoms with E-state index in [2.05, 4.69) is 36.4 Å². The van der Waals surface area contributed by atoms with Gasteiger partial charge in [0.1, 0.15) is 0 Å². The second kappa shape index (κ2) is 5.48. The van der Waals surface area contributed by atoms with Crippen molar-refractivity contribution in [3.8, 4) is 6.07 Å². The van der Waals surface area contributed by atoms with E-state index < -0.39 is 0 Å². The lowest BCUT2D eigenvalue weighted by molar-refractivity contribution is 0.974. The van der Waals surface area contributed by atoms with E-state index in [0.717, 1.165) is 0 Å². The number of hydrogen-bond acceptors (Lipinski definition) is 5. The molecule has 5 nitrogen and oxygen atoms in total. The van der Waals surface area contributed by atoms with E-state index in [4.69, 9.17) is 28.5 Å². The van der Waals surface area contributed by atoms with E-state index >= 15 is 0 Å². The van der Waals surface area contributed by atoms with Gasteiger partial charge in [0.2, 0.25) is 5.28 Å². The van der Waals surface area contributed by atoms with Gasteiger partial charge in [0, 0.05) is 4.47 Å². The highest BCUT2D eigenvalue weighted by Crippen LogP contribution is 2.28. The summed E-state index contributed by atoms with van der Waals surface area (Å²) in [5, 5.41) is 18.9. The molecule has 2 aromatic rings. The summed E-state index contributed by atoms with van der Waals surface area (Å²) >= 11 is 14.8. The van der Waals surface area contributed by atoms with Crippen molar-refractivity contribution in [3.63, 3.8) is 0 Å². The van der Waals surface area contributed by atoms with Crippen molar-refractivity contribution < 1.29 is 0 Å². The van der Waals surface area contributed by atoms with E-state index in [1.54, 1.807) is 18.2 Å². The topological polar surface area (TPSA) is 74.5 Å². The van der Waals surface area contributed by atoms with Gasteiger partial charge in [-0.25, -0.2) is 0 Å². The summed E-state index contributed by atoms with van der Waals surface area (Å²) in [7, 11) is 0. The second-order valence-electron chi connectivity index (χ2n) is 3.15. The van der Waals surface area contributed by atoms with Gasteiger partial charge in [-0.1, -0.05) is 11.6 Å². The molecule has 0 amide bonds. The minimum absolute atomic E-state index is 0.00772. The summed E-state index contributed by atoms with van der Waals surface area (Å²) in [5.41, 5.74) is 1.23. The maximum atomic E-state index is 8.76. The second-order valence-corrected chi connectivity index (χ2v) is 4.70. The van der Waals surface area contributed by atoms with E-state index in [1.165, 1.54) is 0 Å². The number of nitriles is 1. The van der Waals surface area contributed by atoms with Crippen LogP contribution in [0.25, 0.3) is 0 Å². The predicted molar refractivity (Wildman–Crippen MR) is 72.0 cm³/mol. The lowest BCUT2D eigenvalue weighted by Gasteiger charge is -2.08. The highest BCUT2D eigenvalue weighted by atomic mass is 79.9. The summed E-state index contributed by atoms with van der Waals surface area (Å²) in [6, 6.07) is 7.09. The number of nitrogens with zero attached hydrogens (tertiary/aromatic N) is 4. The van der Waals surface area contributed by atoms with Gasteiger partial charge < -0.3 is 5.32 Å². The Balaban J connectivity index is 2.34. The van der Waals surface area contributed by atoms with Crippen LogP contribution in [0.15, 0.2) is 22.7 Å². The third-order valence-electron chi connectivity index (χ3n) is 1.97. The smallest absolute Gasteiger partial charge is 0.245 e. The van der Waals surface area contributed by atoms with E-state index in [-0.39, 0.29) is 10.4 Å². The molecule has 1 heterocycles. The fourth-order valence-electron chi connectivity index (χ4n) is 1.19. The summed E-state index contributed by atoms with van der Waals surface area (Å²) < 4.78 is 0.701. The van der Waals surface area contributed by atoms with Gasteiger partial charge in [0.25, 0.3) is 0 Å². The van der Waals surface area contributed by atoms with Gasteiger partial charge in [-0.05, 0) is 45.7 Å². The Hall–Kier alpha value is -1.42. The average Bonchev–Trinajstić information content (AvgIpc) is 2.36. The zero-order valence-electron chi connectivity index (χ0n) is 8.65.